The number of H-pyrrole nitrogens is 1. The second kappa shape index (κ2) is 6.40. The molecule has 1 aliphatic heterocycles. The number of rotatable bonds is 3. The van der Waals surface area contributed by atoms with Crippen LogP contribution in [0.4, 0.5) is 0 Å². The fourth-order valence-electron chi connectivity index (χ4n) is 2.99. The zero-order valence-electron chi connectivity index (χ0n) is 13.1. The summed E-state index contributed by atoms with van der Waals surface area (Å²) in [7, 11) is 0. The lowest BCUT2D eigenvalue weighted by molar-refractivity contribution is 0.0731. The average molecular weight is 326 g/mol. The van der Waals surface area contributed by atoms with Gasteiger partial charge >= 0.3 is 0 Å². The van der Waals surface area contributed by atoms with Crippen LogP contribution in [-0.4, -0.2) is 61.9 Å². The van der Waals surface area contributed by atoms with Gasteiger partial charge in [0.1, 0.15) is 5.69 Å². The van der Waals surface area contributed by atoms with Gasteiger partial charge in [-0.25, -0.2) is 9.50 Å². The molecule has 0 saturated carbocycles. The van der Waals surface area contributed by atoms with Crippen molar-refractivity contribution in [1.82, 2.24) is 29.7 Å². The van der Waals surface area contributed by atoms with E-state index in [1.54, 1.807) is 23.0 Å². The summed E-state index contributed by atoms with van der Waals surface area (Å²) < 4.78 is 7.45. The van der Waals surface area contributed by atoms with Crippen LogP contribution < -0.4 is 0 Å². The molecule has 4 heterocycles. The smallest absolute Gasteiger partial charge is 0.271 e. The quantitative estimate of drug-likeness (QED) is 0.768. The molecule has 24 heavy (non-hydrogen) atoms. The van der Waals surface area contributed by atoms with Crippen molar-refractivity contribution in [2.75, 3.05) is 26.3 Å². The Hall–Kier alpha value is -2.74. The number of nitrogens with one attached hydrogen (secondary N) is 1. The third kappa shape index (κ3) is 3.00. The number of amides is 1. The SMILES string of the molecule is O=C(c1ccn[nH]1)N1CCOC[C@@H](Cc2ccc3nccn3n2)C1. The van der Waals surface area contributed by atoms with E-state index in [1.807, 2.05) is 23.2 Å². The first-order valence-corrected chi connectivity index (χ1v) is 7.95. The first-order chi connectivity index (χ1) is 11.8. The Morgan fingerprint density at radius 3 is 3.17 bits per heavy atom. The van der Waals surface area contributed by atoms with E-state index in [9.17, 15) is 4.79 Å². The highest BCUT2D eigenvalue weighted by molar-refractivity contribution is 5.92. The predicted octanol–water partition coefficient (Wildman–Crippen LogP) is 0.784. The van der Waals surface area contributed by atoms with Gasteiger partial charge in [0.25, 0.3) is 5.91 Å². The molecule has 8 nitrogen and oxygen atoms in total. The molecule has 0 bridgehead atoms. The Kier molecular flexibility index (Phi) is 3.96. The van der Waals surface area contributed by atoms with Crippen molar-refractivity contribution >= 4 is 11.6 Å². The van der Waals surface area contributed by atoms with Gasteiger partial charge in [-0.2, -0.15) is 10.2 Å². The second-order valence-corrected chi connectivity index (χ2v) is 5.92. The van der Waals surface area contributed by atoms with E-state index in [1.165, 1.54) is 0 Å². The molecular weight excluding hydrogens is 308 g/mol. The number of aromatic nitrogens is 5. The third-order valence-electron chi connectivity index (χ3n) is 4.16. The van der Waals surface area contributed by atoms with Crippen molar-refractivity contribution in [3.63, 3.8) is 0 Å². The van der Waals surface area contributed by atoms with E-state index in [0.717, 1.165) is 17.8 Å². The minimum atomic E-state index is -0.0407. The molecule has 1 amide bonds. The molecule has 0 spiro atoms. The number of carbonyl (C=O) groups excluding carboxylic acids is 1. The van der Waals surface area contributed by atoms with Crippen molar-refractivity contribution in [1.29, 1.82) is 0 Å². The number of imidazole rings is 1. The monoisotopic (exact) mass is 326 g/mol. The van der Waals surface area contributed by atoms with Crippen LogP contribution in [0.25, 0.3) is 5.65 Å². The molecule has 1 atom stereocenters. The number of hydrogen-bond donors (Lipinski definition) is 1. The highest BCUT2D eigenvalue weighted by Crippen LogP contribution is 2.15. The standard InChI is InChI=1S/C16H18N6O2/c23-16(14-3-4-18-19-14)21-7-8-24-11-12(10-21)9-13-1-2-15-17-5-6-22(15)20-13/h1-6,12H,7-11H2,(H,18,19)/t12-/m0/s1. The number of fused-ring (bicyclic) bond motifs is 1. The van der Waals surface area contributed by atoms with Gasteiger partial charge in [0, 0.05) is 37.6 Å². The van der Waals surface area contributed by atoms with E-state index in [-0.39, 0.29) is 11.8 Å². The maximum Gasteiger partial charge on any atom is 0.271 e. The molecule has 0 aliphatic carbocycles. The molecule has 1 saturated heterocycles. The summed E-state index contributed by atoms with van der Waals surface area (Å²) in [6.07, 6.45) is 5.90. The van der Waals surface area contributed by atoms with Crippen molar-refractivity contribution in [3.05, 3.63) is 48.2 Å². The van der Waals surface area contributed by atoms with Crippen LogP contribution in [0.15, 0.2) is 36.8 Å². The predicted molar refractivity (Wildman–Crippen MR) is 85.5 cm³/mol. The summed E-state index contributed by atoms with van der Waals surface area (Å²) in [5.74, 6) is 0.161. The zero-order valence-corrected chi connectivity index (χ0v) is 13.1. The van der Waals surface area contributed by atoms with Crippen LogP contribution in [-0.2, 0) is 11.2 Å². The van der Waals surface area contributed by atoms with Crippen LogP contribution >= 0.6 is 0 Å². The maximum atomic E-state index is 12.5. The number of carbonyl (C=O) groups is 1. The van der Waals surface area contributed by atoms with Gasteiger partial charge in [-0.05, 0) is 24.6 Å². The molecular formula is C16H18N6O2. The maximum absolute atomic E-state index is 12.5. The highest BCUT2D eigenvalue weighted by atomic mass is 16.5. The third-order valence-corrected chi connectivity index (χ3v) is 4.16. The van der Waals surface area contributed by atoms with Crippen molar-refractivity contribution in [3.8, 4) is 0 Å². The number of nitrogens with zero attached hydrogens (tertiary/aromatic N) is 5. The molecule has 0 radical (unpaired) electrons. The molecule has 3 aromatic heterocycles. The van der Waals surface area contributed by atoms with Crippen LogP contribution in [0.3, 0.4) is 0 Å². The van der Waals surface area contributed by atoms with Gasteiger partial charge in [0.2, 0.25) is 0 Å². The second-order valence-electron chi connectivity index (χ2n) is 5.92. The average Bonchev–Trinajstić information content (AvgIpc) is 3.23. The lowest BCUT2D eigenvalue weighted by Gasteiger charge is -2.22. The molecule has 1 N–H and O–H groups in total. The Bertz CT molecular complexity index is 828. The van der Waals surface area contributed by atoms with E-state index in [4.69, 9.17) is 4.74 Å². The van der Waals surface area contributed by atoms with E-state index < -0.39 is 0 Å². The van der Waals surface area contributed by atoms with Gasteiger partial charge in [-0.1, -0.05) is 0 Å². The molecule has 1 aliphatic rings. The number of hydrogen-bond acceptors (Lipinski definition) is 5. The number of aromatic amines is 1. The first-order valence-electron chi connectivity index (χ1n) is 7.95. The van der Waals surface area contributed by atoms with Crippen molar-refractivity contribution in [2.24, 2.45) is 5.92 Å². The molecule has 4 rings (SSSR count). The van der Waals surface area contributed by atoms with Crippen molar-refractivity contribution < 1.29 is 9.53 Å². The fraction of sp³-hybridized carbons (Fsp3) is 0.375. The summed E-state index contributed by atoms with van der Waals surface area (Å²) in [6.45, 7) is 2.39. The Balaban J connectivity index is 1.48. The molecule has 124 valence electrons. The summed E-state index contributed by atoms with van der Waals surface area (Å²) in [6, 6.07) is 5.62. The minimum Gasteiger partial charge on any atom is -0.379 e. The highest BCUT2D eigenvalue weighted by Gasteiger charge is 2.24. The lowest BCUT2D eigenvalue weighted by atomic mass is 10.0. The summed E-state index contributed by atoms with van der Waals surface area (Å²) in [5, 5.41) is 11.1. The zero-order chi connectivity index (χ0) is 16.4. The molecule has 0 unspecified atom stereocenters. The topological polar surface area (TPSA) is 88.4 Å². The summed E-state index contributed by atoms with van der Waals surface area (Å²) in [4.78, 5) is 18.5. The summed E-state index contributed by atoms with van der Waals surface area (Å²) >= 11 is 0. The van der Waals surface area contributed by atoms with Crippen LogP contribution in [0.2, 0.25) is 0 Å². The largest absolute Gasteiger partial charge is 0.379 e. The van der Waals surface area contributed by atoms with E-state index in [2.05, 4.69) is 20.3 Å². The molecule has 0 aromatic carbocycles. The summed E-state index contributed by atoms with van der Waals surface area (Å²) in [5.41, 5.74) is 2.30. The normalized spacial score (nSPS) is 18.7. The lowest BCUT2D eigenvalue weighted by Crippen LogP contribution is -2.36. The fourth-order valence-corrected chi connectivity index (χ4v) is 2.99. The molecule has 1 fully saturated rings. The molecule has 3 aromatic rings. The van der Waals surface area contributed by atoms with Crippen LogP contribution in [0.5, 0.6) is 0 Å². The van der Waals surface area contributed by atoms with Crippen molar-refractivity contribution in [2.45, 2.75) is 6.42 Å². The Morgan fingerprint density at radius 1 is 1.33 bits per heavy atom. The van der Waals surface area contributed by atoms with Gasteiger partial charge in [-0.15, -0.1) is 0 Å². The van der Waals surface area contributed by atoms with Crippen LogP contribution in [0, 0.1) is 5.92 Å². The van der Waals surface area contributed by atoms with Crippen LogP contribution in [0.1, 0.15) is 16.2 Å². The van der Waals surface area contributed by atoms with Gasteiger partial charge in [0.15, 0.2) is 5.65 Å². The van der Waals surface area contributed by atoms with Gasteiger partial charge in [-0.3, -0.25) is 9.89 Å². The van der Waals surface area contributed by atoms with E-state index >= 15 is 0 Å². The number of ether oxygens (including phenoxy) is 1. The molecule has 8 heteroatoms. The Morgan fingerprint density at radius 2 is 2.29 bits per heavy atom. The van der Waals surface area contributed by atoms with Gasteiger partial charge < -0.3 is 9.64 Å². The first kappa shape index (κ1) is 14.8. The van der Waals surface area contributed by atoms with Gasteiger partial charge in [0.05, 0.1) is 18.9 Å². The van der Waals surface area contributed by atoms with E-state index in [0.29, 0.717) is 32.0 Å². The Labute approximate surface area is 138 Å². The minimum absolute atomic E-state index is 0.0407.